The third-order valence-electron chi connectivity index (χ3n) is 3.80. The number of carboxylic acids is 1. The standard InChI is InChI=1S/C15H18F3NO2/c16-15(17,18)12-3-1-2-10(6-12)7-13-8-11(4-5-19-13)9-14(20)21/h1-3,6,11,13,19H,4-5,7-9H2,(H,20,21). The molecule has 1 fully saturated rings. The first-order chi connectivity index (χ1) is 9.84. The number of benzene rings is 1. The lowest BCUT2D eigenvalue weighted by atomic mass is 9.87. The van der Waals surface area contributed by atoms with Crippen LogP contribution in [0.25, 0.3) is 0 Å². The van der Waals surface area contributed by atoms with E-state index in [1.807, 2.05) is 0 Å². The smallest absolute Gasteiger partial charge is 0.416 e. The number of carboxylic acid groups (broad SMARTS) is 1. The van der Waals surface area contributed by atoms with E-state index in [-0.39, 0.29) is 18.4 Å². The summed E-state index contributed by atoms with van der Waals surface area (Å²) in [4.78, 5) is 10.7. The molecule has 0 aromatic heterocycles. The maximum atomic E-state index is 12.7. The molecule has 1 saturated heterocycles. The van der Waals surface area contributed by atoms with E-state index in [0.29, 0.717) is 24.9 Å². The van der Waals surface area contributed by atoms with E-state index in [1.54, 1.807) is 6.07 Å². The number of hydrogen-bond acceptors (Lipinski definition) is 2. The van der Waals surface area contributed by atoms with Gasteiger partial charge in [-0.25, -0.2) is 0 Å². The summed E-state index contributed by atoms with van der Waals surface area (Å²) in [5, 5.41) is 12.1. The summed E-state index contributed by atoms with van der Waals surface area (Å²) >= 11 is 0. The van der Waals surface area contributed by atoms with E-state index >= 15 is 0 Å². The number of halogens is 3. The highest BCUT2D eigenvalue weighted by molar-refractivity contribution is 5.67. The Labute approximate surface area is 121 Å². The molecular weight excluding hydrogens is 283 g/mol. The van der Waals surface area contributed by atoms with Gasteiger partial charge in [-0.2, -0.15) is 13.2 Å². The van der Waals surface area contributed by atoms with Crippen molar-refractivity contribution in [2.24, 2.45) is 5.92 Å². The Morgan fingerprint density at radius 1 is 1.38 bits per heavy atom. The molecule has 1 aliphatic heterocycles. The summed E-state index contributed by atoms with van der Waals surface area (Å²) in [6.07, 6.45) is -2.24. The molecule has 1 aromatic rings. The summed E-state index contributed by atoms with van der Waals surface area (Å²) in [6, 6.07) is 5.35. The maximum Gasteiger partial charge on any atom is 0.416 e. The van der Waals surface area contributed by atoms with Crippen molar-refractivity contribution >= 4 is 5.97 Å². The van der Waals surface area contributed by atoms with E-state index in [0.717, 1.165) is 12.5 Å². The number of hydrogen-bond donors (Lipinski definition) is 2. The lowest BCUT2D eigenvalue weighted by Gasteiger charge is -2.29. The molecule has 0 radical (unpaired) electrons. The van der Waals surface area contributed by atoms with Gasteiger partial charge >= 0.3 is 12.1 Å². The molecule has 2 atom stereocenters. The highest BCUT2D eigenvalue weighted by atomic mass is 19.4. The van der Waals surface area contributed by atoms with Crippen molar-refractivity contribution in [1.82, 2.24) is 5.32 Å². The van der Waals surface area contributed by atoms with Crippen LogP contribution in [0.3, 0.4) is 0 Å². The Kier molecular flexibility index (Phi) is 4.88. The zero-order chi connectivity index (χ0) is 15.5. The molecule has 2 rings (SSSR count). The van der Waals surface area contributed by atoms with Crippen LogP contribution in [0.2, 0.25) is 0 Å². The quantitative estimate of drug-likeness (QED) is 0.898. The zero-order valence-corrected chi connectivity index (χ0v) is 11.5. The molecule has 1 aromatic carbocycles. The molecule has 2 unspecified atom stereocenters. The Bertz CT molecular complexity index is 502. The Hall–Kier alpha value is -1.56. The number of piperidine rings is 1. The van der Waals surface area contributed by atoms with Gasteiger partial charge in [0.1, 0.15) is 0 Å². The lowest BCUT2D eigenvalue weighted by molar-refractivity contribution is -0.139. The minimum atomic E-state index is -4.33. The second-order valence-corrected chi connectivity index (χ2v) is 5.54. The predicted molar refractivity (Wildman–Crippen MR) is 71.9 cm³/mol. The molecule has 0 aliphatic carbocycles. The van der Waals surface area contributed by atoms with Crippen molar-refractivity contribution in [1.29, 1.82) is 0 Å². The maximum absolute atomic E-state index is 12.7. The lowest BCUT2D eigenvalue weighted by Crippen LogP contribution is -2.40. The van der Waals surface area contributed by atoms with Gasteiger partial charge in [-0.15, -0.1) is 0 Å². The van der Waals surface area contributed by atoms with Crippen molar-refractivity contribution in [2.75, 3.05) is 6.54 Å². The van der Waals surface area contributed by atoms with Crippen molar-refractivity contribution < 1.29 is 23.1 Å². The van der Waals surface area contributed by atoms with Crippen molar-refractivity contribution in [3.63, 3.8) is 0 Å². The number of rotatable bonds is 4. The van der Waals surface area contributed by atoms with Crippen LogP contribution in [0.15, 0.2) is 24.3 Å². The molecule has 1 heterocycles. The van der Waals surface area contributed by atoms with Crippen LogP contribution in [0, 0.1) is 5.92 Å². The number of nitrogens with one attached hydrogen (secondary N) is 1. The number of alkyl halides is 3. The monoisotopic (exact) mass is 301 g/mol. The van der Waals surface area contributed by atoms with Gasteiger partial charge in [-0.3, -0.25) is 4.79 Å². The van der Waals surface area contributed by atoms with E-state index in [4.69, 9.17) is 5.11 Å². The minimum absolute atomic E-state index is 0.0339. The number of aliphatic carboxylic acids is 1. The average Bonchev–Trinajstić information content (AvgIpc) is 2.37. The number of carbonyl (C=O) groups is 1. The molecule has 0 amide bonds. The van der Waals surface area contributed by atoms with Gasteiger partial charge in [0.05, 0.1) is 5.56 Å². The second-order valence-electron chi connectivity index (χ2n) is 5.54. The molecule has 116 valence electrons. The largest absolute Gasteiger partial charge is 0.481 e. The van der Waals surface area contributed by atoms with Gasteiger partial charge in [0, 0.05) is 12.5 Å². The van der Waals surface area contributed by atoms with E-state index < -0.39 is 17.7 Å². The highest BCUT2D eigenvalue weighted by Gasteiger charge is 2.30. The van der Waals surface area contributed by atoms with Crippen LogP contribution >= 0.6 is 0 Å². The summed E-state index contributed by atoms with van der Waals surface area (Å²) < 4.78 is 38.0. The molecule has 0 spiro atoms. The molecule has 6 heteroatoms. The first kappa shape index (κ1) is 15.8. The molecular formula is C15H18F3NO2. The first-order valence-electron chi connectivity index (χ1n) is 6.96. The second kappa shape index (κ2) is 6.47. The minimum Gasteiger partial charge on any atom is -0.481 e. The summed E-state index contributed by atoms with van der Waals surface area (Å²) in [7, 11) is 0. The van der Waals surface area contributed by atoms with Crippen LogP contribution in [0.4, 0.5) is 13.2 Å². The van der Waals surface area contributed by atoms with Crippen molar-refractivity contribution in [3.05, 3.63) is 35.4 Å². The SMILES string of the molecule is O=C(O)CC1CCNC(Cc2cccc(C(F)(F)F)c2)C1. The van der Waals surface area contributed by atoms with Crippen molar-refractivity contribution in [2.45, 2.75) is 37.9 Å². The van der Waals surface area contributed by atoms with Crippen LogP contribution in [0.1, 0.15) is 30.4 Å². The van der Waals surface area contributed by atoms with E-state index in [1.165, 1.54) is 12.1 Å². The highest BCUT2D eigenvalue weighted by Crippen LogP contribution is 2.30. The molecule has 21 heavy (non-hydrogen) atoms. The summed E-state index contributed by atoms with van der Waals surface area (Å²) in [6.45, 7) is 0.710. The topological polar surface area (TPSA) is 49.3 Å². The third-order valence-corrected chi connectivity index (χ3v) is 3.80. The Morgan fingerprint density at radius 3 is 2.81 bits per heavy atom. The molecule has 0 bridgehead atoms. The third kappa shape index (κ3) is 4.74. The first-order valence-corrected chi connectivity index (χ1v) is 6.96. The van der Waals surface area contributed by atoms with Crippen LogP contribution in [-0.4, -0.2) is 23.7 Å². The van der Waals surface area contributed by atoms with Gasteiger partial charge in [0.15, 0.2) is 0 Å². The van der Waals surface area contributed by atoms with Gasteiger partial charge in [-0.1, -0.05) is 18.2 Å². The van der Waals surface area contributed by atoms with Crippen molar-refractivity contribution in [3.8, 4) is 0 Å². The van der Waals surface area contributed by atoms with E-state index in [2.05, 4.69) is 5.32 Å². The van der Waals surface area contributed by atoms with Crippen LogP contribution in [0.5, 0.6) is 0 Å². The Balaban J connectivity index is 1.99. The fraction of sp³-hybridized carbons (Fsp3) is 0.533. The molecule has 3 nitrogen and oxygen atoms in total. The zero-order valence-electron chi connectivity index (χ0n) is 11.5. The summed E-state index contributed by atoms with van der Waals surface area (Å²) in [5.41, 5.74) is -0.0174. The fourth-order valence-corrected chi connectivity index (χ4v) is 2.84. The molecule has 1 aliphatic rings. The normalized spacial score (nSPS) is 23.0. The van der Waals surface area contributed by atoms with Gasteiger partial charge in [-0.05, 0) is 43.4 Å². The fourth-order valence-electron chi connectivity index (χ4n) is 2.84. The average molecular weight is 301 g/mol. The van der Waals surface area contributed by atoms with E-state index in [9.17, 15) is 18.0 Å². The van der Waals surface area contributed by atoms with Gasteiger partial charge in [0.2, 0.25) is 0 Å². The molecule has 2 N–H and O–H groups in total. The predicted octanol–water partition coefficient (Wildman–Crippen LogP) is 3.09. The molecule has 0 saturated carbocycles. The van der Waals surface area contributed by atoms with Gasteiger partial charge in [0.25, 0.3) is 0 Å². The van der Waals surface area contributed by atoms with Crippen LogP contribution in [-0.2, 0) is 17.4 Å². The Morgan fingerprint density at radius 2 is 2.14 bits per heavy atom. The summed E-state index contributed by atoms with van der Waals surface area (Å²) in [5.74, 6) is -0.723. The van der Waals surface area contributed by atoms with Crippen LogP contribution < -0.4 is 5.32 Å². The van der Waals surface area contributed by atoms with Gasteiger partial charge < -0.3 is 10.4 Å².